The fourth-order valence-corrected chi connectivity index (χ4v) is 3.61. The van der Waals surface area contributed by atoms with Crippen molar-refractivity contribution in [1.82, 2.24) is 4.90 Å². The van der Waals surface area contributed by atoms with Crippen LogP contribution in [-0.2, 0) is 9.59 Å². The molecule has 0 N–H and O–H groups in total. The Kier molecular flexibility index (Phi) is 7.14. The van der Waals surface area contributed by atoms with Gasteiger partial charge >= 0.3 is 0 Å². The third-order valence-corrected chi connectivity index (χ3v) is 5.12. The topological polar surface area (TPSA) is 85.4 Å². The number of ether oxygens (including phenoxy) is 3. The maximum absolute atomic E-state index is 13.3. The number of carbonyl (C=O) groups is 3. The van der Waals surface area contributed by atoms with Gasteiger partial charge in [-0.15, -0.1) is 6.58 Å². The summed E-state index contributed by atoms with van der Waals surface area (Å²) in [5.41, 5.74) is 0.743. The molecule has 0 aromatic heterocycles. The molecule has 32 heavy (non-hydrogen) atoms. The summed E-state index contributed by atoms with van der Waals surface area (Å²) in [4.78, 5) is 41.7. The monoisotopic (exact) mass is 438 g/mol. The molecule has 0 bridgehead atoms. The molecule has 2 aromatic rings. The molecule has 0 aliphatic carbocycles. The lowest BCUT2D eigenvalue weighted by Gasteiger charge is -2.27. The second-order valence-electron chi connectivity index (χ2n) is 7.03. The number of hydrogen-bond donors (Lipinski definition) is 0. The molecule has 3 rings (SSSR count). The van der Waals surface area contributed by atoms with Crippen LogP contribution in [0.5, 0.6) is 17.2 Å². The second kappa shape index (κ2) is 10.00. The van der Waals surface area contributed by atoms with Gasteiger partial charge in [-0.3, -0.25) is 14.4 Å². The highest BCUT2D eigenvalue weighted by atomic mass is 16.5. The summed E-state index contributed by atoms with van der Waals surface area (Å²) in [6, 6.07) is 10.5. The fourth-order valence-electron chi connectivity index (χ4n) is 3.61. The van der Waals surface area contributed by atoms with Crippen LogP contribution in [0.4, 0.5) is 5.69 Å². The number of methoxy groups -OCH3 is 2. The van der Waals surface area contributed by atoms with Crippen molar-refractivity contribution < 1.29 is 28.6 Å². The SMILES string of the molecule is C=CCN(C(=O)c1ccc(OC)c(OC)c1)C1CC(=O)N(c2ccc(OCC)cc2)C1=O. The molecule has 1 saturated heterocycles. The first kappa shape index (κ1) is 22.9. The van der Waals surface area contributed by atoms with Crippen molar-refractivity contribution >= 4 is 23.4 Å². The highest BCUT2D eigenvalue weighted by Gasteiger charge is 2.44. The largest absolute Gasteiger partial charge is 0.494 e. The fraction of sp³-hybridized carbons (Fsp3) is 0.292. The minimum atomic E-state index is -0.937. The third kappa shape index (κ3) is 4.44. The Morgan fingerprint density at radius 1 is 1.12 bits per heavy atom. The Morgan fingerprint density at radius 2 is 1.81 bits per heavy atom. The predicted molar refractivity (Wildman–Crippen MR) is 119 cm³/mol. The van der Waals surface area contributed by atoms with E-state index in [-0.39, 0.29) is 18.9 Å². The van der Waals surface area contributed by atoms with Gasteiger partial charge in [0.05, 0.1) is 32.9 Å². The van der Waals surface area contributed by atoms with Gasteiger partial charge < -0.3 is 19.1 Å². The Hall–Kier alpha value is -3.81. The van der Waals surface area contributed by atoms with Crippen molar-refractivity contribution in [2.45, 2.75) is 19.4 Å². The zero-order chi connectivity index (χ0) is 23.3. The van der Waals surface area contributed by atoms with Crippen molar-refractivity contribution in [2.75, 3.05) is 32.3 Å². The van der Waals surface area contributed by atoms with Gasteiger partial charge in [0.15, 0.2) is 11.5 Å². The normalized spacial score (nSPS) is 15.5. The average Bonchev–Trinajstić information content (AvgIpc) is 3.10. The smallest absolute Gasteiger partial charge is 0.257 e. The van der Waals surface area contributed by atoms with E-state index in [2.05, 4.69) is 6.58 Å². The van der Waals surface area contributed by atoms with Gasteiger partial charge in [0.25, 0.3) is 11.8 Å². The minimum absolute atomic E-state index is 0.105. The highest BCUT2D eigenvalue weighted by molar-refractivity contribution is 6.23. The summed E-state index contributed by atoms with van der Waals surface area (Å²) in [6.07, 6.45) is 1.41. The van der Waals surface area contributed by atoms with Crippen LogP contribution in [-0.4, -0.2) is 56.0 Å². The predicted octanol–water partition coefficient (Wildman–Crippen LogP) is 3.06. The minimum Gasteiger partial charge on any atom is -0.494 e. The summed E-state index contributed by atoms with van der Waals surface area (Å²) in [5.74, 6) is 0.261. The van der Waals surface area contributed by atoms with Gasteiger partial charge in [-0.1, -0.05) is 6.08 Å². The van der Waals surface area contributed by atoms with Crippen LogP contribution in [0.1, 0.15) is 23.7 Å². The maximum Gasteiger partial charge on any atom is 0.257 e. The van der Waals surface area contributed by atoms with Crippen LogP contribution in [0.3, 0.4) is 0 Å². The van der Waals surface area contributed by atoms with Crippen LogP contribution in [0.15, 0.2) is 55.1 Å². The molecule has 1 aliphatic heterocycles. The zero-order valence-corrected chi connectivity index (χ0v) is 18.4. The van der Waals surface area contributed by atoms with E-state index in [1.807, 2.05) is 6.92 Å². The number of nitrogens with zero attached hydrogens (tertiary/aromatic N) is 2. The Balaban J connectivity index is 1.88. The molecule has 1 aliphatic rings. The van der Waals surface area contributed by atoms with Crippen molar-refractivity contribution in [2.24, 2.45) is 0 Å². The van der Waals surface area contributed by atoms with E-state index < -0.39 is 17.9 Å². The average molecular weight is 438 g/mol. The number of benzene rings is 2. The molecule has 1 atom stereocenters. The Bertz CT molecular complexity index is 1020. The molecule has 8 heteroatoms. The summed E-state index contributed by atoms with van der Waals surface area (Å²) in [6.45, 7) is 6.18. The van der Waals surface area contributed by atoms with E-state index in [0.29, 0.717) is 35.1 Å². The van der Waals surface area contributed by atoms with Gasteiger partial charge in [-0.25, -0.2) is 4.90 Å². The third-order valence-electron chi connectivity index (χ3n) is 5.12. The number of carbonyl (C=O) groups excluding carboxylic acids is 3. The van der Waals surface area contributed by atoms with Gasteiger partial charge in [0, 0.05) is 12.1 Å². The van der Waals surface area contributed by atoms with E-state index in [1.54, 1.807) is 42.5 Å². The molecule has 0 spiro atoms. The van der Waals surface area contributed by atoms with E-state index in [0.717, 1.165) is 4.90 Å². The molecule has 8 nitrogen and oxygen atoms in total. The van der Waals surface area contributed by atoms with Gasteiger partial charge in [-0.05, 0) is 49.4 Å². The number of amides is 3. The summed E-state index contributed by atoms with van der Waals surface area (Å²) >= 11 is 0. The number of hydrogen-bond acceptors (Lipinski definition) is 6. The van der Waals surface area contributed by atoms with Crippen LogP contribution < -0.4 is 19.1 Å². The first-order valence-electron chi connectivity index (χ1n) is 10.2. The van der Waals surface area contributed by atoms with Crippen LogP contribution in [0.25, 0.3) is 0 Å². The van der Waals surface area contributed by atoms with Crippen molar-refractivity contribution in [3.05, 3.63) is 60.7 Å². The second-order valence-corrected chi connectivity index (χ2v) is 7.03. The maximum atomic E-state index is 13.3. The first-order chi connectivity index (χ1) is 15.4. The van der Waals surface area contributed by atoms with E-state index in [1.165, 1.54) is 25.2 Å². The molecule has 0 radical (unpaired) electrons. The molecule has 1 fully saturated rings. The van der Waals surface area contributed by atoms with E-state index in [9.17, 15) is 14.4 Å². The molecular formula is C24H26N2O6. The van der Waals surface area contributed by atoms with E-state index >= 15 is 0 Å². The van der Waals surface area contributed by atoms with Crippen molar-refractivity contribution in [3.8, 4) is 17.2 Å². The first-order valence-corrected chi connectivity index (χ1v) is 10.2. The van der Waals surface area contributed by atoms with Crippen molar-refractivity contribution in [3.63, 3.8) is 0 Å². The Labute approximate surface area is 187 Å². The Morgan fingerprint density at radius 3 is 2.41 bits per heavy atom. The highest BCUT2D eigenvalue weighted by Crippen LogP contribution is 2.31. The molecule has 168 valence electrons. The summed E-state index contributed by atoms with van der Waals surface area (Å²) in [5, 5.41) is 0. The molecule has 2 aromatic carbocycles. The molecular weight excluding hydrogens is 412 g/mol. The van der Waals surface area contributed by atoms with Gasteiger partial charge in [-0.2, -0.15) is 0 Å². The molecule has 0 saturated carbocycles. The van der Waals surface area contributed by atoms with E-state index in [4.69, 9.17) is 14.2 Å². The summed E-state index contributed by atoms with van der Waals surface area (Å²) in [7, 11) is 2.98. The lowest BCUT2D eigenvalue weighted by molar-refractivity contribution is -0.122. The zero-order valence-electron chi connectivity index (χ0n) is 18.4. The van der Waals surface area contributed by atoms with Crippen LogP contribution >= 0.6 is 0 Å². The van der Waals surface area contributed by atoms with Gasteiger partial charge in [0.1, 0.15) is 11.8 Å². The standard InChI is InChI=1S/C24H26N2O6/c1-5-13-25(23(28)16-7-12-20(30-3)21(14-16)31-4)19-15-22(27)26(24(19)29)17-8-10-18(11-9-17)32-6-2/h5,7-12,14,19H,1,6,13,15H2,2-4H3. The van der Waals surface area contributed by atoms with Crippen LogP contribution in [0, 0.1) is 0 Å². The number of anilines is 1. The molecule has 1 unspecified atom stereocenters. The van der Waals surface area contributed by atoms with Gasteiger partial charge in [0.2, 0.25) is 5.91 Å². The number of rotatable bonds is 9. The van der Waals surface area contributed by atoms with Crippen molar-refractivity contribution in [1.29, 1.82) is 0 Å². The molecule has 1 heterocycles. The lowest BCUT2D eigenvalue weighted by Crippen LogP contribution is -2.45. The van der Waals surface area contributed by atoms with Crippen LogP contribution in [0.2, 0.25) is 0 Å². The lowest BCUT2D eigenvalue weighted by atomic mass is 10.1. The molecule has 3 amide bonds. The quantitative estimate of drug-likeness (QED) is 0.442. The summed E-state index contributed by atoms with van der Waals surface area (Å²) < 4.78 is 15.9. The number of imide groups is 1.